The molecule has 0 aromatic heterocycles. The zero-order valence-electron chi connectivity index (χ0n) is 11.3. The monoisotopic (exact) mass is 265 g/mol. The van der Waals surface area contributed by atoms with Crippen molar-refractivity contribution in [3.05, 3.63) is 29.8 Å². The van der Waals surface area contributed by atoms with Crippen molar-refractivity contribution >= 4 is 11.8 Å². The van der Waals surface area contributed by atoms with E-state index >= 15 is 0 Å². The van der Waals surface area contributed by atoms with Crippen molar-refractivity contribution in [1.82, 2.24) is 5.32 Å². The van der Waals surface area contributed by atoms with Crippen LogP contribution in [-0.2, 0) is 4.74 Å². The lowest BCUT2D eigenvalue weighted by Crippen LogP contribution is -2.40. The van der Waals surface area contributed by atoms with Gasteiger partial charge in [0.1, 0.15) is 0 Å². The summed E-state index contributed by atoms with van der Waals surface area (Å²) in [5.74, 6) is 1.79. The molecule has 2 atom stereocenters. The predicted molar refractivity (Wildman–Crippen MR) is 78.3 cm³/mol. The summed E-state index contributed by atoms with van der Waals surface area (Å²) in [5, 5.41) is 3.45. The Hall–Kier alpha value is -0.510. The van der Waals surface area contributed by atoms with Crippen LogP contribution < -0.4 is 5.32 Å². The normalized spacial score (nSPS) is 21.8. The van der Waals surface area contributed by atoms with Gasteiger partial charge in [-0.15, -0.1) is 11.8 Å². The van der Waals surface area contributed by atoms with E-state index in [9.17, 15) is 0 Å². The van der Waals surface area contributed by atoms with E-state index in [2.05, 4.69) is 43.6 Å². The van der Waals surface area contributed by atoms with E-state index < -0.39 is 0 Å². The van der Waals surface area contributed by atoms with E-state index in [-0.39, 0.29) is 0 Å². The Labute approximate surface area is 114 Å². The molecular weight excluding hydrogens is 242 g/mol. The molecule has 18 heavy (non-hydrogen) atoms. The van der Waals surface area contributed by atoms with Crippen molar-refractivity contribution in [2.45, 2.75) is 30.7 Å². The van der Waals surface area contributed by atoms with Gasteiger partial charge in [0.25, 0.3) is 0 Å². The molecule has 1 aromatic carbocycles. The van der Waals surface area contributed by atoms with Crippen molar-refractivity contribution in [2.24, 2.45) is 5.92 Å². The summed E-state index contributed by atoms with van der Waals surface area (Å²) < 4.78 is 5.58. The Bertz CT molecular complexity index is 346. The molecule has 1 heterocycles. The second-order valence-electron chi connectivity index (χ2n) is 5.00. The molecule has 0 amide bonds. The van der Waals surface area contributed by atoms with Crippen LogP contribution in [0.25, 0.3) is 0 Å². The van der Waals surface area contributed by atoms with Crippen molar-refractivity contribution in [2.75, 3.05) is 26.0 Å². The highest BCUT2D eigenvalue weighted by molar-refractivity contribution is 7.99. The largest absolute Gasteiger partial charge is 0.381 e. The third-order valence-electron chi connectivity index (χ3n) is 3.59. The van der Waals surface area contributed by atoms with Crippen LogP contribution >= 0.6 is 11.8 Å². The first kappa shape index (κ1) is 13.9. The van der Waals surface area contributed by atoms with Crippen LogP contribution in [0.3, 0.4) is 0 Å². The fraction of sp³-hybridized carbons (Fsp3) is 0.600. The number of rotatable bonds is 5. The highest BCUT2D eigenvalue weighted by atomic mass is 32.2. The standard InChI is InChI=1S/C15H23NOS/c1-12-5-7-14(8-6-12)18-11-15(16-2)13-4-3-9-17-10-13/h5-8,13,15-16H,3-4,9-11H2,1-2H3. The average molecular weight is 265 g/mol. The second-order valence-corrected chi connectivity index (χ2v) is 6.09. The van der Waals surface area contributed by atoms with Crippen molar-refractivity contribution < 1.29 is 4.74 Å². The maximum atomic E-state index is 5.58. The van der Waals surface area contributed by atoms with Crippen LogP contribution in [0.2, 0.25) is 0 Å². The van der Waals surface area contributed by atoms with Crippen LogP contribution in [0, 0.1) is 12.8 Å². The minimum absolute atomic E-state index is 0.552. The van der Waals surface area contributed by atoms with E-state index in [0.717, 1.165) is 19.0 Å². The van der Waals surface area contributed by atoms with Crippen molar-refractivity contribution in [1.29, 1.82) is 0 Å². The average Bonchev–Trinajstić information content (AvgIpc) is 2.43. The summed E-state index contributed by atoms with van der Waals surface area (Å²) in [6.07, 6.45) is 2.50. The van der Waals surface area contributed by atoms with Crippen LogP contribution in [0.15, 0.2) is 29.2 Å². The third kappa shape index (κ3) is 4.01. The topological polar surface area (TPSA) is 21.3 Å². The van der Waals surface area contributed by atoms with Gasteiger partial charge < -0.3 is 10.1 Å². The van der Waals surface area contributed by atoms with E-state index in [0.29, 0.717) is 12.0 Å². The Morgan fingerprint density at radius 1 is 1.39 bits per heavy atom. The lowest BCUT2D eigenvalue weighted by atomic mass is 9.95. The summed E-state index contributed by atoms with van der Waals surface area (Å²) in [4.78, 5) is 1.36. The Morgan fingerprint density at radius 3 is 2.78 bits per heavy atom. The minimum Gasteiger partial charge on any atom is -0.381 e. The molecule has 1 aliphatic rings. The zero-order valence-corrected chi connectivity index (χ0v) is 12.1. The first-order valence-electron chi connectivity index (χ1n) is 6.74. The van der Waals surface area contributed by atoms with Crippen LogP contribution in [-0.4, -0.2) is 32.1 Å². The summed E-state index contributed by atoms with van der Waals surface area (Å²) >= 11 is 1.94. The van der Waals surface area contributed by atoms with Gasteiger partial charge in [-0.2, -0.15) is 0 Å². The Kier molecular flexibility index (Phi) is 5.54. The van der Waals surface area contributed by atoms with E-state index in [1.165, 1.54) is 23.3 Å². The molecule has 3 heteroatoms. The van der Waals surface area contributed by atoms with Gasteiger partial charge in [0.15, 0.2) is 0 Å². The number of hydrogen-bond donors (Lipinski definition) is 1. The van der Waals surface area contributed by atoms with E-state index in [1.807, 2.05) is 11.8 Å². The molecule has 0 saturated carbocycles. The number of hydrogen-bond acceptors (Lipinski definition) is 3. The second kappa shape index (κ2) is 7.17. The summed E-state index contributed by atoms with van der Waals surface area (Å²) in [6.45, 7) is 3.99. The molecule has 1 fully saturated rings. The molecule has 2 nitrogen and oxygen atoms in total. The van der Waals surface area contributed by atoms with Crippen molar-refractivity contribution in [3.63, 3.8) is 0 Å². The van der Waals surface area contributed by atoms with Gasteiger partial charge in [0.05, 0.1) is 6.61 Å². The molecule has 2 unspecified atom stereocenters. The fourth-order valence-electron chi connectivity index (χ4n) is 2.36. The predicted octanol–water partition coefficient (Wildman–Crippen LogP) is 3.10. The fourth-order valence-corrected chi connectivity index (χ4v) is 3.50. The molecule has 100 valence electrons. The molecule has 0 spiro atoms. The summed E-state index contributed by atoms with van der Waals surface area (Å²) in [6, 6.07) is 9.34. The van der Waals surface area contributed by atoms with Gasteiger partial charge in [0, 0.05) is 23.3 Å². The maximum absolute atomic E-state index is 5.58. The Morgan fingerprint density at radius 2 is 2.17 bits per heavy atom. The number of nitrogens with one attached hydrogen (secondary N) is 1. The maximum Gasteiger partial charge on any atom is 0.0509 e. The number of thioether (sulfide) groups is 1. The van der Waals surface area contributed by atoms with E-state index in [1.54, 1.807) is 0 Å². The van der Waals surface area contributed by atoms with Gasteiger partial charge in [-0.3, -0.25) is 0 Å². The smallest absolute Gasteiger partial charge is 0.0509 e. The minimum atomic E-state index is 0.552. The lowest BCUT2D eigenvalue weighted by Gasteiger charge is -2.29. The van der Waals surface area contributed by atoms with Gasteiger partial charge in [-0.05, 0) is 44.9 Å². The van der Waals surface area contributed by atoms with Gasteiger partial charge in [0.2, 0.25) is 0 Å². The molecular formula is C15H23NOS. The van der Waals surface area contributed by atoms with Crippen molar-refractivity contribution in [3.8, 4) is 0 Å². The number of ether oxygens (including phenoxy) is 1. The lowest BCUT2D eigenvalue weighted by molar-refractivity contribution is 0.0437. The van der Waals surface area contributed by atoms with Crippen LogP contribution in [0.1, 0.15) is 18.4 Å². The summed E-state index contributed by atoms with van der Waals surface area (Å²) in [5.41, 5.74) is 1.32. The van der Waals surface area contributed by atoms with E-state index in [4.69, 9.17) is 4.74 Å². The quantitative estimate of drug-likeness (QED) is 0.827. The SMILES string of the molecule is CNC(CSc1ccc(C)cc1)C1CCCOC1. The molecule has 0 radical (unpaired) electrons. The highest BCUT2D eigenvalue weighted by Crippen LogP contribution is 2.24. The van der Waals surface area contributed by atoms with Gasteiger partial charge in [-0.1, -0.05) is 17.7 Å². The molecule has 0 bridgehead atoms. The third-order valence-corrected chi connectivity index (χ3v) is 4.72. The number of aryl methyl sites for hydroxylation is 1. The first-order valence-corrected chi connectivity index (χ1v) is 7.72. The molecule has 0 aliphatic carbocycles. The molecule has 1 N–H and O–H groups in total. The van der Waals surface area contributed by atoms with Gasteiger partial charge >= 0.3 is 0 Å². The zero-order chi connectivity index (χ0) is 12.8. The van der Waals surface area contributed by atoms with Gasteiger partial charge in [-0.25, -0.2) is 0 Å². The molecule has 1 saturated heterocycles. The first-order chi connectivity index (χ1) is 8.79. The Balaban J connectivity index is 1.84. The molecule has 1 aliphatic heterocycles. The van der Waals surface area contributed by atoms with Crippen LogP contribution in [0.4, 0.5) is 0 Å². The number of benzene rings is 1. The molecule has 2 rings (SSSR count). The summed E-state index contributed by atoms with van der Waals surface area (Å²) in [7, 11) is 2.06. The highest BCUT2D eigenvalue weighted by Gasteiger charge is 2.22. The van der Waals surface area contributed by atoms with Crippen LogP contribution in [0.5, 0.6) is 0 Å². The molecule has 1 aromatic rings.